The number of nitrogens with zero attached hydrogens (tertiary/aromatic N) is 5. The van der Waals surface area contributed by atoms with Crippen molar-refractivity contribution in [2.24, 2.45) is 5.73 Å². The molecule has 1 aromatic heterocycles. The lowest BCUT2D eigenvalue weighted by atomic mass is 10.1. The summed E-state index contributed by atoms with van der Waals surface area (Å²) in [6.07, 6.45) is 3.00. The van der Waals surface area contributed by atoms with Gasteiger partial charge >= 0.3 is 6.03 Å². The average molecular weight is 260 g/mol. The van der Waals surface area contributed by atoms with Crippen molar-refractivity contribution in [3.8, 4) is 6.07 Å². The van der Waals surface area contributed by atoms with Crippen LogP contribution in [0.1, 0.15) is 19.4 Å². The Morgan fingerprint density at radius 1 is 1.37 bits per heavy atom. The smallest absolute Gasteiger partial charge is 0.315 e. The van der Waals surface area contributed by atoms with Gasteiger partial charge in [-0.15, -0.1) is 0 Å². The highest BCUT2D eigenvalue weighted by molar-refractivity contribution is 5.73. The van der Waals surface area contributed by atoms with Gasteiger partial charge < -0.3 is 15.5 Å². The van der Waals surface area contributed by atoms with E-state index in [-0.39, 0.29) is 12.1 Å². The number of nitriles is 1. The minimum absolute atomic E-state index is 0.000457. The molecule has 1 aromatic rings. The molecule has 2 N–H and O–H groups in total. The van der Waals surface area contributed by atoms with E-state index in [0.29, 0.717) is 24.6 Å². The highest BCUT2D eigenvalue weighted by Crippen LogP contribution is 2.19. The minimum atomic E-state index is -0.402. The number of anilines is 1. The van der Waals surface area contributed by atoms with Crippen molar-refractivity contribution in [1.29, 1.82) is 5.26 Å². The number of hydrogen-bond acceptors (Lipinski definition) is 5. The Morgan fingerprint density at radius 2 is 1.89 bits per heavy atom. The van der Waals surface area contributed by atoms with Crippen LogP contribution in [0.4, 0.5) is 10.7 Å². The second kappa shape index (κ2) is 5.10. The van der Waals surface area contributed by atoms with Gasteiger partial charge in [0.2, 0.25) is 5.95 Å². The summed E-state index contributed by atoms with van der Waals surface area (Å²) in [7, 11) is 0. The standard InChI is InChI=1S/C12H16N6O/c1-8-6-17(7-9(2)18(8)11(14)19)12-15-4-10(3-13)5-16-12/h4-5,8-9H,6-7H2,1-2H3,(H2,14,19). The van der Waals surface area contributed by atoms with Crippen molar-refractivity contribution in [3.63, 3.8) is 0 Å². The monoisotopic (exact) mass is 260 g/mol. The van der Waals surface area contributed by atoms with E-state index >= 15 is 0 Å². The summed E-state index contributed by atoms with van der Waals surface area (Å²) < 4.78 is 0. The number of hydrogen-bond donors (Lipinski definition) is 1. The molecular formula is C12H16N6O. The molecule has 19 heavy (non-hydrogen) atoms. The molecule has 2 heterocycles. The molecule has 0 saturated carbocycles. The molecule has 0 radical (unpaired) electrons. The molecule has 2 atom stereocenters. The van der Waals surface area contributed by atoms with Crippen LogP contribution < -0.4 is 10.6 Å². The highest BCUT2D eigenvalue weighted by atomic mass is 16.2. The number of primary amides is 1. The van der Waals surface area contributed by atoms with E-state index in [1.165, 1.54) is 12.4 Å². The number of nitrogens with two attached hydrogens (primary N) is 1. The van der Waals surface area contributed by atoms with Crippen LogP contribution in [0, 0.1) is 11.3 Å². The molecule has 1 saturated heterocycles. The summed E-state index contributed by atoms with van der Waals surface area (Å²) in [6, 6.07) is 1.58. The second-order valence-electron chi connectivity index (χ2n) is 4.73. The number of carbonyl (C=O) groups excluding carboxylic acids is 1. The Balaban J connectivity index is 2.15. The second-order valence-corrected chi connectivity index (χ2v) is 4.73. The Hall–Kier alpha value is -2.36. The Bertz CT molecular complexity index is 496. The van der Waals surface area contributed by atoms with Gasteiger partial charge in [0.15, 0.2) is 0 Å². The fourth-order valence-electron chi connectivity index (χ4n) is 2.46. The van der Waals surface area contributed by atoms with Gasteiger partial charge in [-0.25, -0.2) is 14.8 Å². The fraction of sp³-hybridized carbons (Fsp3) is 0.500. The van der Waals surface area contributed by atoms with Crippen LogP contribution in [0.2, 0.25) is 0 Å². The Kier molecular flexibility index (Phi) is 3.51. The van der Waals surface area contributed by atoms with E-state index in [4.69, 9.17) is 11.0 Å². The predicted molar refractivity (Wildman–Crippen MR) is 69.3 cm³/mol. The van der Waals surface area contributed by atoms with E-state index < -0.39 is 6.03 Å². The van der Waals surface area contributed by atoms with Gasteiger partial charge in [-0.3, -0.25) is 0 Å². The molecule has 1 fully saturated rings. The number of aromatic nitrogens is 2. The summed E-state index contributed by atoms with van der Waals surface area (Å²) >= 11 is 0. The maximum atomic E-state index is 11.4. The molecular weight excluding hydrogens is 244 g/mol. The van der Waals surface area contributed by atoms with E-state index in [0.717, 1.165) is 0 Å². The molecule has 0 bridgehead atoms. The number of rotatable bonds is 1. The van der Waals surface area contributed by atoms with Gasteiger partial charge in [-0.2, -0.15) is 5.26 Å². The molecule has 7 heteroatoms. The van der Waals surface area contributed by atoms with E-state index in [2.05, 4.69) is 9.97 Å². The Morgan fingerprint density at radius 3 is 2.32 bits per heavy atom. The normalized spacial score (nSPS) is 23.0. The van der Waals surface area contributed by atoms with Gasteiger partial charge in [-0.1, -0.05) is 0 Å². The average Bonchev–Trinajstić information content (AvgIpc) is 2.37. The third-order valence-electron chi connectivity index (χ3n) is 3.22. The van der Waals surface area contributed by atoms with E-state index in [1.807, 2.05) is 24.8 Å². The Labute approximate surface area is 111 Å². The van der Waals surface area contributed by atoms with Crippen LogP contribution in [-0.2, 0) is 0 Å². The van der Waals surface area contributed by atoms with Gasteiger partial charge in [0.05, 0.1) is 18.0 Å². The first-order valence-corrected chi connectivity index (χ1v) is 6.07. The van der Waals surface area contributed by atoms with Crippen molar-refractivity contribution >= 4 is 12.0 Å². The predicted octanol–water partition coefficient (Wildman–Crippen LogP) is 0.326. The molecule has 100 valence electrons. The van der Waals surface area contributed by atoms with Crippen molar-refractivity contribution in [3.05, 3.63) is 18.0 Å². The van der Waals surface area contributed by atoms with Gasteiger partial charge in [-0.05, 0) is 13.8 Å². The quantitative estimate of drug-likeness (QED) is 0.784. The van der Waals surface area contributed by atoms with Gasteiger partial charge in [0.25, 0.3) is 0 Å². The number of piperazine rings is 1. The lowest BCUT2D eigenvalue weighted by Gasteiger charge is -2.43. The van der Waals surface area contributed by atoms with Crippen LogP contribution in [0.15, 0.2) is 12.4 Å². The molecule has 7 nitrogen and oxygen atoms in total. The highest BCUT2D eigenvalue weighted by Gasteiger charge is 2.32. The van der Waals surface area contributed by atoms with Crippen LogP contribution in [-0.4, -0.2) is 46.1 Å². The van der Waals surface area contributed by atoms with Crippen molar-refractivity contribution in [2.45, 2.75) is 25.9 Å². The lowest BCUT2D eigenvalue weighted by Crippen LogP contribution is -2.60. The van der Waals surface area contributed by atoms with Crippen molar-refractivity contribution in [1.82, 2.24) is 14.9 Å². The zero-order valence-corrected chi connectivity index (χ0v) is 10.9. The largest absolute Gasteiger partial charge is 0.351 e. The SMILES string of the molecule is CC1CN(c2ncc(C#N)cn2)CC(C)N1C(N)=O. The first kappa shape index (κ1) is 13.1. The zero-order chi connectivity index (χ0) is 14.0. The first-order valence-electron chi connectivity index (χ1n) is 6.07. The molecule has 0 spiro atoms. The molecule has 1 aliphatic rings. The van der Waals surface area contributed by atoms with Gasteiger partial charge in [0.1, 0.15) is 6.07 Å². The first-order chi connectivity index (χ1) is 9.02. The van der Waals surface area contributed by atoms with Crippen LogP contribution in [0.5, 0.6) is 0 Å². The summed E-state index contributed by atoms with van der Waals surface area (Å²) in [5, 5.41) is 8.72. The summed E-state index contributed by atoms with van der Waals surface area (Å²) in [5.41, 5.74) is 5.80. The summed E-state index contributed by atoms with van der Waals surface area (Å²) in [5.74, 6) is 0.571. The summed E-state index contributed by atoms with van der Waals surface area (Å²) in [6.45, 7) is 5.13. The van der Waals surface area contributed by atoms with E-state index in [1.54, 1.807) is 4.90 Å². The summed E-state index contributed by atoms with van der Waals surface area (Å²) in [4.78, 5) is 23.4. The molecule has 2 unspecified atom stereocenters. The van der Waals surface area contributed by atoms with Gasteiger partial charge in [0, 0.05) is 25.2 Å². The molecule has 0 aromatic carbocycles. The fourth-order valence-corrected chi connectivity index (χ4v) is 2.46. The van der Waals surface area contributed by atoms with Crippen molar-refractivity contribution in [2.75, 3.05) is 18.0 Å². The minimum Gasteiger partial charge on any atom is -0.351 e. The number of amides is 2. The topological polar surface area (TPSA) is 99.1 Å². The third-order valence-corrected chi connectivity index (χ3v) is 3.22. The number of urea groups is 1. The third kappa shape index (κ3) is 2.57. The van der Waals surface area contributed by atoms with Crippen molar-refractivity contribution < 1.29 is 4.79 Å². The zero-order valence-electron chi connectivity index (χ0n) is 10.9. The molecule has 2 rings (SSSR count). The maximum Gasteiger partial charge on any atom is 0.315 e. The molecule has 2 amide bonds. The lowest BCUT2D eigenvalue weighted by molar-refractivity contribution is 0.149. The molecule has 0 aliphatic carbocycles. The van der Waals surface area contributed by atoms with E-state index in [9.17, 15) is 4.79 Å². The van der Waals surface area contributed by atoms with Crippen LogP contribution >= 0.6 is 0 Å². The number of carbonyl (C=O) groups is 1. The maximum absolute atomic E-state index is 11.4. The molecule has 1 aliphatic heterocycles. The van der Waals surface area contributed by atoms with Crippen LogP contribution in [0.25, 0.3) is 0 Å². The van der Waals surface area contributed by atoms with Crippen LogP contribution in [0.3, 0.4) is 0 Å².